The minimum atomic E-state index is -0.873. The van der Waals surface area contributed by atoms with Crippen LogP contribution in [0.5, 0.6) is 5.75 Å². The van der Waals surface area contributed by atoms with Gasteiger partial charge in [0.05, 0.1) is 6.10 Å². The van der Waals surface area contributed by atoms with Gasteiger partial charge in [-0.25, -0.2) is 4.39 Å². The Balaban J connectivity index is 1.80. The molecule has 1 nitrogen and oxygen atoms in total. The van der Waals surface area contributed by atoms with E-state index in [1.54, 1.807) is 0 Å². The summed E-state index contributed by atoms with van der Waals surface area (Å²) >= 11 is 0. The molecule has 1 atom stereocenters. The van der Waals surface area contributed by atoms with Gasteiger partial charge in [-0.1, -0.05) is 51.5 Å². The number of halogens is 2. The van der Waals surface area contributed by atoms with Gasteiger partial charge in [-0.3, -0.25) is 0 Å². The number of rotatable bonds is 7. The van der Waals surface area contributed by atoms with E-state index in [1.165, 1.54) is 50.7 Å². The normalized spacial score (nSPS) is 23.3. The van der Waals surface area contributed by atoms with Crippen molar-refractivity contribution in [1.29, 1.82) is 0 Å². The van der Waals surface area contributed by atoms with E-state index in [0.717, 1.165) is 24.8 Å². The molecule has 2 rings (SSSR count). The first kappa shape index (κ1) is 17.2. The summed E-state index contributed by atoms with van der Waals surface area (Å²) in [5.41, 5.74) is 0. The van der Waals surface area contributed by atoms with E-state index in [4.69, 9.17) is 4.74 Å². The Morgan fingerprint density at radius 2 is 1.86 bits per heavy atom. The predicted molar refractivity (Wildman–Crippen MR) is 86.0 cm³/mol. The molecular weight excluding hydrogens is 282 g/mol. The fraction of sp³-hybridized carbons (Fsp3) is 0.684. The third kappa shape index (κ3) is 4.69. The molecule has 1 unspecified atom stereocenters. The Bertz CT molecular complexity index is 453. The first-order valence-electron chi connectivity index (χ1n) is 8.72. The number of benzene rings is 1. The average molecular weight is 310 g/mol. The lowest BCUT2D eigenvalue weighted by molar-refractivity contribution is 0.102. The first-order chi connectivity index (χ1) is 10.6. The van der Waals surface area contributed by atoms with Crippen LogP contribution in [0.15, 0.2) is 18.2 Å². The van der Waals surface area contributed by atoms with Gasteiger partial charge in [0.2, 0.25) is 5.82 Å². The van der Waals surface area contributed by atoms with Crippen molar-refractivity contribution in [2.45, 2.75) is 71.3 Å². The Morgan fingerprint density at radius 3 is 2.55 bits per heavy atom. The number of hydrogen-bond donors (Lipinski definition) is 0. The fourth-order valence-electron chi connectivity index (χ4n) is 3.50. The molecule has 0 heterocycles. The number of unbranched alkanes of at least 4 members (excludes halogenated alkanes) is 2. The molecule has 1 aromatic carbocycles. The second kappa shape index (κ2) is 8.50. The van der Waals surface area contributed by atoms with E-state index >= 15 is 0 Å². The highest BCUT2D eigenvalue weighted by molar-refractivity contribution is 5.25. The largest absolute Gasteiger partial charge is 0.487 e. The lowest BCUT2D eigenvalue weighted by Crippen LogP contribution is -2.28. The number of hydrogen-bond acceptors (Lipinski definition) is 1. The van der Waals surface area contributed by atoms with Gasteiger partial charge in [0.25, 0.3) is 0 Å². The third-order valence-electron chi connectivity index (χ3n) is 5.00. The Hall–Kier alpha value is -1.12. The van der Waals surface area contributed by atoms with E-state index in [2.05, 4.69) is 6.92 Å². The van der Waals surface area contributed by atoms with E-state index in [-0.39, 0.29) is 11.9 Å². The van der Waals surface area contributed by atoms with E-state index in [0.29, 0.717) is 5.92 Å². The zero-order chi connectivity index (χ0) is 15.9. The molecule has 3 heteroatoms. The predicted octanol–water partition coefficient (Wildman–Crippen LogP) is 6.12. The van der Waals surface area contributed by atoms with Crippen LogP contribution in [-0.2, 0) is 0 Å². The van der Waals surface area contributed by atoms with Crippen molar-refractivity contribution in [3.63, 3.8) is 0 Å². The molecule has 0 spiro atoms. The van der Waals surface area contributed by atoms with Gasteiger partial charge in [-0.05, 0) is 43.7 Å². The quantitative estimate of drug-likeness (QED) is 0.551. The topological polar surface area (TPSA) is 9.23 Å². The summed E-state index contributed by atoms with van der Waals surface area (Å²) in [4.78, 5) is 0. The smallest absolute Gasteiger partial charge is 0.200 e. The SMILES string of the molecule is CCCCCC1CCC(C(C)Oc2cccc(F)c2F)CC1. The summed E-state index contributed by atoms with van der Waals surface area (Å²) in [5.74, 6) is -0.379. The minimum absolute atomic E-state index is 0.0394. The van der Waals surface area contributed by atoms with Crippen molar-refractivity contribution in [1.82, 2.24) is 0 Å². The molecule has 22 heavy (non-hydrogen) atoms. The highest BCUT2D eigenvalue weighted by Crippen LogP contribution is 2.35. The van der Waals surface area contributed by atoms with Gasteiger partial charge in [-0.15, -0.1) is 0 Å². The van der Waals surface area contributed by atoms with Crippen LogP contribution in [0.3, 0.4) is 0 Å². The second-order valence-electron chi connectivity index (χ2n) is 6.65. The second-order valence-corrected chi connectivity index (χ2v) is 6.65. The Labute approximate surface area is 133 Å². The van der Waals surface area contributed by atoms with Crippen molar-refractivity contribution in [2.24, 2.45) is 11.8 Å². The standard InChI is InChI=1S/C19H28F2O/c1-3-4-5-7-15-10-12-16(13-11-15)14(2)22-18-9-6-8-17(20)19(18)21/h6,8-9,14-16H,3-5,7,10-13H2,1-2H3. The Morgan fingerprint density at radius 1 is 1.14 bits per heavy atom. The maximum absolute atomic E-state index is 13.7. The summed E-state index contributed by atoms with van der Waals surface area (Å²) < 4.78 is 32.6. The molecule has 124 valence electrons. The van der Waals surface area contributed by atoms with Crippen LogP contribution in [0, 0.1) is 23.5 Å². The van der Waals surface area contributed by atoms with E-state index in [1.807, 2.05) is 6.92 Å². The van der Waals surface area contributed by atoms with E-state index < -0.39 is 11.6 Å². The number of ether oxygens (including phenoxy) is 1. The van der Waals surface area contributed by atoms with Crippen molar-refractivity contribution in [3.8, 4) is 5.75 Å². The van der Waals surface area contributed by atoms with Crippen molar-refractivity contribution in [3.05, 3.63) is 29.8 Å². The summed E-state index contributed by atoms with van der Waals surface area (Å²) in [7, 11) is 0. The average Bonchev–Trinajstić information content (AvgIpc) is 2.53. The van der Waals surface area contributed by atoms with Gasteiger partial charge in [0.15, 0.2) is 11.6 Å². The maximum Gasteiger partial charge on any atom is 0.200 e. The molecule has 1 saturated carbocycles. The van der Waals surface area contributed by atoms with Gasteiger partial charge < -0.3 is 4.74 Å². The monoisotopic (exact) mass is 310 g/mol. The lowest BCUT2D eigenvalue weighted by atomic mass is 9.78. The summed E-state index contributed by atoms with van der Waals surface area (Å²) in [6.07, 6.45) is 9.98. The Kier molecular flexibility index (Phi) is 6.66. The van der Waals surface area contributed by atoms with Crippen LogP contribution in [0.25, 0.3) is 0 Å². The molecule has 0 bridgehead atoms. The maximum atomic E-state index is 13.7. The summed E-state index contributed by atoms with van der Waals surface area (Å²) in [5, 5.41) is 0. The highest BCUT2D eigenvalue weighted by atomic mass is 19.2. The molecular formula is C19H28F2O. The summed E-state index contributed by atoms with van der Waals surface area (Å²) in [6.45, 7) is 4.22. The molecule has 0 aliphatic heterocycles. The molecule has 1 aromatic rings. The third-order valence-corrected chi connectivity index (χ3v) is 5.00. The lowest BCUT2D eigenvalue weighted by Gasteiger charge is -2.32. The van der Waals surface area contributed by atoms with Crippen molar-refractivity contribution >= 4 is 0 Å². The highest BCUT2D eigenvalue weighted by Gasteiger charge is 2.26. The van der Waals surface area contributed by atoms with E-state index in [9.17, 15) is 8.78 Å². The van der Waals surface area contributed by atoms with Crippen molar-refractivity contribution in [2.75, 3.05) is 0 Å². The van der Waals surface area contributed by atoms with Crippen LogP contribution in [0.2, 0.25) is 0 Å². The van der Waals surface area contributed by atoms with Crippen LogP contribution in [-0.4, -0.2) is 6.10 Å². The molecule has 0 amide bonds. The molecule has 1 aliphatic carbocycles. The molecule has 0 aromatic heterocycles. The fourth-order valence-corrected chi connectivity index (χ4v) is 3.50. The van der Waals surface area contributed by atoms with Crippen LogP contribution in [0.4, 0.5) is 8.78 Å². The summed E-state index contributed by atoms with van der Waals surface area (Å²) in [6, 6.07) is 4.12. The van der Waals surface area contributed by atoms with Crippen LogP contribution in [0.1, 0.15) is 65.2 Å². The van der Waals surface area contributed by atoms with Gasteiger partial charge in [0.1, 0.15) is 0 Å². The molecule has 1 fully saturated rings. The molecule has 0 N–H and O–H groups in total. The van der Waals surface area contributed by atoms with Gasteiger partial charge in [-0.2, -0.15) is 4.39 Å². The van der Waals surface area contributed by atoms with Crippen LogP contribution < -0.4 is 4.74 Å². The van der Waals surface area contributed by atoms with Gasteiger partial charge in [0, 0.05) is 0 Å². The zero-order valence-corrected chi connectivity index (χ0v) is 13.8. The molecule has 0 radical (unpaired) electrons. The first-order valence-corrected chi connectivity index (χ1v) is 8.72. The molecule has 0 saturated heterocycles. The zero-order valence-electron chi connectivity index (χ0n) is 13.8. The molecule has 1 aliphatic rings. The van der Waals surface area contributed by atoms with Gasteiger partial charge >= 0.3 is 0 Å². The van der Waals surface area contributed by atoms with Crippen molar-refractivity contribution < 1.29 is 13.5 Å². The van der Waals surface area contributed by atoms with Crippen LogP contribution >= 0.6 is 0 Å². The minimum Gasteiger partial charge on any atom is -0.487 e.